The van der Waals surface area contributed by atoms with Crippen LogP contribution in [-0.2, 0) is 22.1 Å². The Morgan fingerprint density at radius 1 is 0.833 bits per heavy atom. The van der Waals surface area contributed by atoms with E-state index in [1.54, 1.807) is 12.1 Å². The van der Waals surface area contributed by atoms with Crippen LogP contribution in [0.15, 0.2) is 71.6 Å². The maximum atomic E-state index is 14.0. The zero-order valence-corrected chi connectivity index (χ0v) is 17.9. The van der Waals surface area contributed by atoms with E-state index in [-0.39, 0.29) is 16.2 Å². The molecule has 0 aliphatic heterocycles. The zero-order chi connectivity index (χ0) is 21.7. The Bertz CT molecular complexity index is 1110. The van der Waals surface area contributed by atoms with Crippen molar-refractivity contribution in [2.75, 3.05) is 13.1 Å². The minimum absolute atomic E-state index is 0.108. The molecule has 0 spiro atoms. The molecule has 3 aromatic rings. The number of hydrogen-bond donors (Lipinski definition) is 0. The molecule has 30 heavy (non-hydrogen) atoms. The van der Waals surface area contributed by atoms with E-state index >= 15 is 0 Å². The molecule has 0 unspecified atom stereocenters. The first-order valence-electron chi connectivity index (χ1n) is 9.90. The lowest BCUT2D eigenvalue weighted by molar-refractivity contribution is 0.296. The molecule has 158 valence electrons. The molecular weight excluding hydrogens is 404 g/mol. The van der Waals surface area contributed by atoms with E-state index in [0.717, 1.165) is 36.8 Å². The van der Waals surface area contributed by atoms with Gasteiger partial charge in [0.15, 0.2) is 9.84 Å². The largest absolute Gasteiger partial charge is 0.300 e. The van der Waals surface area contributed by atoms with E-state index < -0.39 is 21.5 Å². The molecule has 0 aromatic heterocycles. The maximum Gasteiger partial charge on any atom is 0.182 e. The predicted molar refractivity (Wildman–Crippen MR) is 116 cm³/mol. The molecular formula is C24H25F2NO2S. The molecule has 0 aliphatic rings. The summed E-state index contributed by atoms with van der Waals surface area (Å²) in [5, 5.41) is 0. The lowest BCUT2D eigenvalue weighted by atomic mass is 10.1. The normalized spacial score (nSPS) is 11.8. The van der Waals surface area contributed by atoms with Gasteiger partial charge < -0.3 is 0 Å². The van der Waals surface area contributed by atoms with Crippen molar-refractivity contribution < 1.29 is 17.2 Å². The number of nitrogens with zero attached hydrogens (tertiary/aromatic N) is 1. The lowest BCUT2D eigenvalue weighted by Crippen LogP contribution is -2.22. The Morgan fingerprint density at radius 2 is 1.50 bits per heavy atom. The highest BCUT2D eigenvalue weighted by atomic mass is 32.2. The first-order valence-corrected chi connectivity index (χ1v) is 11.6. The Kier molecular flexibility index (Phi) is 7.00. The third-order valence-electron chi connectivity index (χ3n) is 5.10. The summed E-state index contributed by atoms with van der Waals surface area (Å²) in [7, 11) is -3.55. The summed E-state index contributed by atoms with van der Waals surface area (Å²) in [6.45, 7) is 6.83. The molecule has 0 radical (unpaired) electrons. The molecule has 0 amide bonds. The molecule has 0 aliphatic carbocycles. The fraction of sp³-hybridized carbons (Fsp3) is 0.250. The Labute approximate surface area is 176 Å². The summed E-state index contributed by atoms with van der Waals surface area (Å²) in [6.07, 6.45) is 0. The van der Waals surface area contributed by atoms with Crippen LogP contribution in [0.1, 0.15) is 25.0 Å². The van der Waals surface area contributed by atoms with Gasteiger partial charge in [-0.15, -0.1) is 0 Å². The summed E-state index contributed by atoms with van der Waals surface area (Å²) < 4.78 is 52.8. The third kappa shape index (κ3) is 5.32. The molecule has 0 bridgehead atoms. The van der Waals surface area contributed by atoms with E-state index in [0.29, 0.717) is 5.56 Å². The highest BCUT2D eigenvalue weighted by Gasteiger charge is 2.16. The summed E-state index contributed by atoms with van der Waals surface area (Å²) in [6, 6.07) is 17.0. The van der Waals surface area contributed by atoms with Crippen LogP contribution in [0.3, 0.4) is 0 Å². The van der Waals surface area contributed by atoms with Gasteiger partial charge in [0.1, 0.15) is 11.6 Å². The van der Waals surface area contributed by atoms with Crippen molar-refractivity contribution in [2.24, 2.45) is 0 Å². The molecule has 0 fully saturated rings. The fourth-order valence-corrected chi connectivity index (χ4v) is 4.73. The molecule has 0 saturated carbocycles. The molecule has 3 rings (SSSR count). The summed E-state index contributed by atoms with van der Waals surface area (Å²) >= 11 is 0. The van der Waals surface area contributed by atoms with Crippen molar-refractivity contribution in [3.8, 4) is 11.1 Å². The highest BCUT2D eigenvalue weighted by molar-refractivity contribution is 7.90. The number of halogens is 2. The van der Waals surface area contributed by atoms with Gasteiger partial charge in [0.2, 0.25) is 0 Å². The average molecular weight is 430 g/mol. The van der Waals surface area contributed by atoms with Crippen LogP contribution >= 0.6 is 0 Å². The summed E-state index contributed by atoms with van der Waals surface area (Å²) in [4.78, 5) is 2.43. The van der Waals surface area contributed by atoms with Crippen LogP contribution < -0.4 is 0 Å². The number of hydrogen-bond acceptors (Lipinski definition) is 3. The molecule has 3 aromatic carbocycles. The number of sulfone groups is 1. The molecule has 0 heterocycles. The monoisotopic (exact) mass is 429 g/mol. The van der Waals surface area contributed by atoms with Gasteiger partial charge in [0.05, 0.1) is 10.6 Å². The van der Waals surface area contributed by atoms with E-state index in [4.69, 9.17) is 0 Å². The van der Waals surface area contributed by atoms with Crippen molar-refractivity contribution in [1.82, 2.24) is 4.90 Å². The highest BCUT2D eigenvalue weighted by Crippen LogP contribution is 2.26. The van der Waals surface area contributed by atoms with Gasteiger partial charge in [-0.2, -0.15) is 0 Å². The Morgan fingerprint density at radius 3 is 2.13 bits per heavy atom. The van der Waals surface area contributed by atoms with Crippen LogP contribution in [-0.4, -0.2) is 26.4 Å². The van der Waals surface area contributed by atoms with E-state index in [9.17, 15) is 17.2 Å². The van der Waals surface area contributed by atoms with Crippen LogP contribution in [0.25, 0.3) is 11.1 Å². The summed E-state index contributed by atoms with van der Waals surface area (Å²) in [5.41, 5.74) is 2.53. The van der Waals surface area contributed by atoms with Crippen molar-refractivity contribution in [3.63, 3.8) is 0 Å². The van der Waals surface area contributed by atoms with E-state index in [1.165, 1.54) is 24.3 Å². The minimum Gasteiger partial charge on any atom is -0.300 e. The van der Waals surface area contributed by atoms with Gasteiger partial charge in [-0.25, -0.2) is 17.2 Å². The van der Waals surface area contributed by atoms with Crippen molar-refractivity contribution in [1.29, 1.82) is 0 Å². The van der Waals surface area contributed by atoms with Crippen molar-refractivity contribution in [2.45, 2.75) is 31.0 Å². The van der Waals surface area contributed by atoms with Crippen LogP contribution in [0.5, 0.6) is 0 Å². The lowest BCUT2D eigenvalue weighted by Gasteiger charge is -2.18. The second-order valence-corrected chi connectivity index (χ2v) is 9.18. The molecule has 0 N–H and O–H groups in total. The number of benzene rings is 3. The van der Waals surface area contributed by atoms with Gasteiger partial charge in [0.25, 0.3) is 0 Å². The third-order valence-corrected chi connectivity index (χ3v) is 6.81. The Balaban J connectivity index is 1.79. The molecule has 6 heteroatoms. The van der Waals surface area contributed by atoms with E-state index in [2.05, 4.69) is 18.7 Å². The molecule has 0 saturated heterocycles. The maximum absolute atomic E-state index is 14.0. The fourth-order valence-electron chi connectivity index (χ4n) is 3.39. The van der Waals surface area contributed by atoms with Gasteiger partial charge in [-0.3, -0.25) is 4.90 Å². The SMILES string of the molecule is CCN(CC)Cc1cccc(CS(=O)(=O)c2ccc(-c3ccc(F)cc3F)cc2)c1. The topological polar surface area (TPSA) is 37.4 Å². The van der Waals surface area contributed by atoms with Gasteiger partial charge in [0, 0.05) is 18.2 Å². The quantitative estimate of drug-likeness (QED) is 0.478. The zero-order valence-electron chi connectivity index (χ0n) is 17.1. The average Bonchev–Trinajstić information content (AvgIpc) is 2.72. The molecule has 0 atom stereocenters. The van der Waals surface area contributed by atoms with E-state index in [1.807, 2.05) is 24.3 Å². The second-order valence-electron chi connectivity index (χ2n) is 7.19. The first kappa shape index (κ1) is 22.1. The van der Waals surface area contributed by atoms with Crippen LogP contribution in [0.2, 0.25) is 0 Å². The predicted octanol–water partition coefficient (Wildman–Crippen LogP) is 5.45. The second kappa shape index (κ2) is 9.49. The Hall–Kier alpha value is -2.57. The van der Waals surface area contributed by atoms with Gasteiger partial charge >= 0.3 is 0 Å². The van der Waals surface area contributed by atoms with Gasteiger partial charge in [-0.05, 0) is 54.0 Å². The summed E-state index contributed by atoms with van der Waals surface area (Å²) in [5.74, 6) is -1.45. The standard InChI is InChI=1S/C24H25F2NO2S/c1-3-27(4-2)16-18-6-5-7-19(14-18)17-30(28,29)22-11-8-20(9-12-22)23-13-10-21(25)15-24(23)26/h5-15H,3-4,16-17H2,1-2H3. The first-order chi connectivity index (χ1) is 14.3. The van der Waals surface area contributed by atoms with Crippen molar-refractivity contribution >= 4 is 9.84 Å². The minimum atomic E-state index is -3.55. The van der Waals surface area contributed by atoms with Gasteiger partial charge in [-0.1, -0.05) is 50.2 Å². The molecule has 3 nitrogen and oxygen atoms in total. The van der Waals surface area contributed by atoms with Crippen LogP contribution in [0, 0.1) is 11.6 Å². The van der Waals surface area contributed by atoms with Crippen molar-refractivity contribution in [3.05, 3.63) is 89.5 Å². The smallest absolute Gasteiger partial charge is 0.182 e. The van der Waals surface area contributed by atoms with Crippen LogP contribution in [0.4, 0.5) is 8.78 Å². The number of rotatable bonds is 8.